The molecule has 0 bridgehead atoms. The van der Waals surface area contributed by atoms with Gasteiger partial charge in [-0.3, -0.25) is 4.79 Å². The van der Waals surface area contributed by atoms with Crippen LogP contribution in [0.4, 0.5) is 0 Å². The molecular formula is C10H17NO. The van der Waals surface area contributed by atoms with Gasteiger partial charge >= 0.3 is 0 Å². The van der Waals surface area contributed by atoms with Gasteiger partial charge in [0.05, 0.1) is 0 Å². The molecule has 1 saturated carbocycles. The molecule has 0 aromatic carbocycles. The average molecular weight is 167 g/mol. The summed E-state index contributed by atoms with van der Waals surface area (Å²) in [6, 6.07) is 0. The summed E-state index contributed by atoms with van der Waals surface area (Å²) in [5, 5.41) is 0. The standard InChI is InChI=1S/C10H17NO/c1-8-3-6-11(9(2)12)10(7-8)4-5-10/h8H,3-7H2,1-2H3. The van der Waals surface area contributed by atoms with Gasteiger partial charge in [-0.05, 0) is 31.6 Å². The molecule has 68 valence electrons. The summed E-state index contributed by atoms with van der Waals surface area (Å²) in [5.41, 5.74) is 0.323. The van der Waals surface area contributed by atoms with Crippen molar-refractivity contribution in [3.8, 4) is 0 Å². The van der Waals surface area contributed by atoms with Crippen LogP contribution in [-0.4, -0.2) is 22.9 Å². The lowest BCUT2D eigenvalue weighted by molar-refractivity contribution is -0.134. The molecule has 1 atom stereocenters. The van der Waals surface area contributed by atoms with Gasteiger partial charge in [0, 0.05) is 19.0 Å². The highest BCUT2D eigenvalue weighted by molar-refractivity contribution is 5.74. The Balaban J connectivity index is 2.10. The third-order valence-electron chi connectivity index (χ3n) is 3.35. The molecule has 1 unspecified atom stereocenters. The van der Waals surface area contributed by atoms with Gasteiger partial charge in [-0.1, -0.05) is 6.92 Å². The van der Waals surface area contributed by atoms with Crippen molar-refractivity contribution >= 4 is 5.91 Å². The number of piperidine rings is 1. The molecule has 2 aliphatic rings. The average Bonchev–Trinajstić information content (AvgIpc) is 2.68. The molecule has 0 aromatic rings. The van der Waals surface area contributed by atoms with Gasteiger partial charge in [-0.25, -0.2) is 0 Å². The van der Waals surface area contributed by atoms with E-state index in [1.165, 1.54) is 25.7 Å². The van der Waals surface area contributed by atoms with E-state index in [0.717, 1.165) is 12.5 Å². The maximum atomic E-state index is 11.3. The van der Waals surface area contributed by atoms with Gasteiger partial charge in [0.2, 0.25) is 5.91 Å². The highest BCUT2D eigenvalue weighted by atomic mass is 16.2. The Hall–Kier alpha value is -0.530. The van der Waals surface area contributed by atoms with Gasteiger partial charge in [-0.2, -0.15) is 0 Å². The third kappa shape index (κ3) is 1.13. The van der Waals surface area contributed by atoms with E-state index in [0.29, 0.717) is 5.54 Å². The third-order valence-corrected chi connectivity index (χ3v) is 3.35. The zero-order chi connectivity index (χ0) is 8.77. The van der Waals surface area contributed by atoms with Crippen LogP contribution in [0.3, 0.4) is 0 Å². The first-order valence-corrected chi connectivity index (χ1v) is 4.92. The minimum Gasteiger partial charge on any atom is -0.337 e. The first-order chi connectivity index (χ1) is 5.64. The molecule has 1 aliphatic carbocycles. The summed E-state index contributed by atoms with van der Waals surface area (Å²) in [6.45, 7) is 5.00. The van der Waals surface area contributed by atoms with E-state index < -0.39 is 0 Å². The molecule has 2 rings (SSSR count). The predicted octanol–water partition coefficient (Wildman–Crippen LogP) is 1.80. The lowest BCUT2D eigenvalue weighted by Gasteiger charge is -2.38. The van der Waals surface area contributed by atoms with Gasteiger partial charge < -0.3 is 4.90 Å². The zero-order valence-corrected chi connectivity index (χ0v) is 7.97. The van der Waals surface area contributed by atoms with Gasteiger partial charge in [0.1, 0.15) is 0 Å². The second kappa shape index (κ2) is 2.48. The van der Waals surface area contributed by atoms with E-state index in [1.807, 2.05) is 0 Å². The van der Waals surface area contributed by atoms with Crippen molar-refractivity contribution in [3.05, 3.63) is 0 Å². The maximum absolute atomic E-state index is 11.3. The summed E-state index contributed by atoms with van der Waals surface area (Å²) in [6.07, 6.45) is 4.93. The highest BCUT2D eigenvalue weighted by Crippen LogP contribution is 2.49. The van der Waals surface area contributed by atoms with Crippen LogP contribution in [-0.2, 0) is 4.79 Å². The SMILES string of the molecule is CC(=O)N1CCC(C)CC12CC2. The highest BCUT2D eigenvalue weighted by Gasteiger charge is 2.51. The summed E-state index contributed by atoms with van der Waals surface area (Å²) in [4.78, 5) is 13.4. The van der Waals surface area contributed by atoms with Gasteiger partial charge in [-0.15, -0.1) is 0 Å². The number of carbonyl (C=O) groups is 1. The van der Waals surface area contributed by atoms with Gasteiger partial charge in [0.15, 0.2) is 0 Å². The molecule has 1 spiro atoms. The minimum atomic E-state index is 0.277. The van der Waals surface area contributed by atoms with Crippen molar-refractivity contribution in [2.45, 2.75) is 45.1 Å². The number of nitrogens with zero attached hydrogens (tertiary/aromatic N) is 1. The second-order valence-corrected chi connectivity index (χ2v) is 4.49. The van der Waals surface area contributed by atoms with Crippen LogP contribution in [0.25, 0.3) is 0 Å². The molecule has 0 N–H and O–H groups in total. The summed E-state index contributed by atoms with van der Waals surface area (Å²) in [7, 11) is 0. The molecule has 12 heavy (non-hydrogen) atoms. The van der Waals surface area contributed by atoms with Crippen LogP contribution < -0.4 is 0 Å². The molecule has 2 heteroatoms. The van der Waals surface area contributed by atoms with Crippen LogP contribution in [0.2, 0.25) is 0 Å². The largest absolute Gasteiger partial charge is 0.337 e. The second-order valence-electron chi connectivity index (χ2n) is 4.49. The van der Waals surface area contributed by atoms with Gasteiger partial charge in [0.25, 0.3) is 0 Å². The first kappa shape index (κ1) is 8.09. The Morgan fingerprint density at radius 1 is 1.50 bits per heavy atom. The van der Waals surface area contributed by atoms with Crippen molar-refractivity contribution in [2.75, 3.05) is 6.54 Å². The van der Waals surface area contributed by atoms with E-state index in [-0.39, 0.29) is 5.91 Å². The fourth-order valence-corrected chi connectivity index (χ4v) is 2.56. The molecule has 1 heterocycles. The topological polar surface area (TPSA) is 20.3 Å². The van der Waals surface area contributed by atoms with Crippen LogP contribution in [0.15, 0.2) is 0 Å². The van der Waals surface area contributed by atoms with Crippen LogP contribution in [0, 0.1) is 5.92 Å². The van der Waals surface area contributed by atoms with Crippen molar-refractivity contribution in [2.24, 2.45) is 5.92 Å². The Bertz CT molecular complexity index is 208. The van der Waals surface area contributed by atoms with E-state index in [9.17, 15) is 4.79 Å². The van der Waals surface area contributed by atoms with Crippen LogP contribution in [0.5, 0.6) is 0 Å². The summed E-state index contributed by atoms with van der Waals surface area (Å²) < 4.78 is 0. The Morgan fingerprint density at radius 2 is 2.17 bits per heavy atom. The van der Waals surface area contributed by atoms with Crippen LogP contribution >= 0.6 is 0 Å². The molecule has 1 saturated heterocycles. The molecule has 1 aliphatic heterocycles. The Morgan fingerprint density at radius 3 is 2.67 bits per heavy atom. The number of rotatable bonds is 0. The normalized spacial score (nSPS) is 32.2. The Kier molecular flexibility index (Phi) is 1.67. The van der Waals surface area contributed by atoms with E-state index >= 15 is 0 Å². The number of hydrogen-bond donors (Lipinski definition) is 0. The minimum absolute atomic E-state index is 0.277. The smallest absolute Gasteiger partial charge is 0.219 e. The molecule has 2 fully saturated rings. The van der Waals surface area contributed by atoms with E-state index in [4.69, 9.17) is 0 Å². The zero-order valence-electron chi connectivity index (χ0n) is 7.97. The fourth-order valence-electron chi connectivity index (χ4n) is 2.56. The van der Waals surface area contributed by atoms with Crippen molar-refractivity contribution in [1.82, 2.24) is 4.90 Å². The van der Waals surface area contributed by atoms with Crippen LogP contribution in [0.1, 0.15) is 39.5 Å². The Labute approximate surface area is 73.9 Å². The van der Waals surface area contributed by atoms with E-state index in [2.05, 4.69) is 11.8 Å². The van der Waals surface area contributed by atoms with Crippen molar-refractivity contribution in [3.63, 3.8) is 0 Å². The number of carbonyl (C=O) groups excluding carboxylic acids is 1. The van der Waals surface area contributed by atoms with Crippen molar-refractivity contribution < 1.29 is 4.79 Å². The molecule has 0 radical (unpaired) electrons. The first-order valence-electron chi connectivity index (χ1n) is 4.92. The lowest BCUT2D eigenvalue weighted by Crippen LogP contribution is -2.46. The number of amides is 1. The molecule has 2 nitrogen and oxygen atoms in total. The maximum Gasteiger partial charge on any atom is 0.219 e. The fraction of sp³-hybridized carbons (Fsp3) is 0.900. The number of hydrogen-bond acceptors (Lipinski definition) is 1. The summed E-state index contributed by atoms with van der Waals surface area (Å²) >= 11 is 0. The number of likely N-dealkylation sites (tertiary alicyclic amines) is 1. The van der Waals surface area contributed by atoms with Crippen molar-refractivity contribution in [1.29, 1.82) is 0 Å². The monoisotopic (exact) mass is 167 g/mol. The van der Waals surface area contributed by atoms with E-state index in [1.54, 1.807) is 6.92 Å². The lowest BCUT2D eigenvalue weighted by atomic mass is 9.90. The summed E-state index contributed by atoms with van der Waals surface area (Å²) in [5.74, 6) is 1.10. The quantitative estimate of drug-likeness (QED) is 0.538. The molecular weight excluding hydrogens is 150 g/mol. The molecule has 0 aromatic heterocycles. The molecule has 1 amide bonds. The predicted molar refractivity (Wildman–Crippen MR) is 47.8 cm³/mol.